The van der Waals surface area contributed by atoms with Gasteiger partial charge in [-0.2, -0.15) is 5.10 Å². The maximum atomic E-state index is 12.5. The van der Waals surface area contributed by atoms with Crippen molar-refractivity contribution in [1.82, 2.24) is 19.7 Å². The average molecular weight is 433 g/mol. The molecule has 7 heteroatoms. The minimum Gasteiger partial charge on any atom is -0.496 e. The predicted molar refractivity (Wildman–Crippen MR) is 122 cm³/mol. The Labute approximate surface area is 187 Å². The smallest absolute Gasteiger partial charge is 0.343 e. The zero-order valence-corrected chi connectivity index (χ0v) is 18.5. The van der Waals surface area contributed by atoms with Crippen molar-refractivity contribution in [2.45, 2.75) is 32.7 Å². The van der Waals surface area contributed by atoms with E-state index in [2.05, 4.69) is 16.3 Å². The van der Waals surface area contributed by atoms with E-state index in [0.717, 1.165) is 60.4 Å². The fraction of sp³-hybridized carbons (Fsp3) is 0.400. The van der Waals surface area contributed by atoms with Crippen LogP contribution in [0.3, 0.4) is 0 Å². The van der Waals surface area contributed by atoms with Crippen molar-refractivity contribution < 1.29 is 9.53 Å². The molecule has 1 aromatic heterocycles. The predicted octanol–water partition coefficient (Wildman–Crippen LogP) is 3.48. The van der Waals surface area contributed by atoms with Crippen LogP contribution in [0.2, 0.25) is 0 Å². The van der Waals surface area contributed by atoms with E-state index in [0.29, 0.717) is 12.4 Å². The third-order valence-electron chi connectivity index (χ3n) is 6.59. The van der Waals surface area contributed by atoms with Crippen molar-refractivity contribution in [2.24, 2.45) is 11.8 Å². The number of methoxy groups -OCH3 is 1. The highest BCUT2D eigenvalue weighted by Gasteiger charge is 2.36. The summed E-state index contributed by atoms with van der Waals surface area (Å²) in [6, 6.07) is 14.2. The van der Waals surface area contributed by atoms with Gasteiger partial charge >= 0.3 is 5.69 Å². The fourth-order valence-electron chi connectivity index (χ4n) is 4.61. The molecule has 1 N–H and O–H groups in total. The molecule has 1 saturated heterocycles. The number of carbonyl (C=O) groups is 1. The summed E-state index contributed by atoms with van der Waals surface area (Å²) in [4.78, 5) is 26.8. The number of hydrogen-bond acceptors (Lipinski definition) is 4. The second-order valence-corrected chi connectivity index (χ2v) is 8.94. The Morgan fingerprint density at radius 3 is 2.50 bits per heavy atom. The average Bonchev–Trinajstić information content (AvgIpc) is 3.46. The molecule has 1 aliphatic heterocycles. The van der Waals surface area contributed by atoms with Crippen molar-refractivity contribution in [3.8, 4) is 28.3 Å². The molecule has 32 heavy (non-hydrogen) atoms. The van der Waals surface area contributed by atoms with Crippen molar-refractivity contribution >= 4 is 5.91 Å². The third kappa shape index (κ3) is 3.95. The highest BCUT2D eigenvalue weighted by Crippen LogP contribution is 2.33. The van der Waals surface area contributed by atoms with Crippen LogP contribution in [0.4, 0.5) is 0 Å². The third-order valence-corrected chi connectivity index (χ3v) is 6.59. The number of rotatable bonds is 6. The van der Waals surface area contributed by atoms with Gasteiger partial charge in [0.15, 0.2) is 5.82 Å². The number of hydrogen-bond donors (Lipinski definition) is 1. The van der Waals surface area contributed by atoms with Crippen molar-refractivity contribution in [3.05, 3.63) is 58.5 Å². The number of nitrogens with one attached hydrogen (secondary N) is 1. The quantitative estimate of drug-likeness (QED) is 0.647. The Hall–Kier alpha value is -3.35. The van der Waals surface area contributed by atoms with Crippen LogP contribution in [0.15, 0.2) is 47.3 Å². The monoisotopic (exact) mass is 432 g/mol. The summed E-state index contributed by atoms with van der Waals surface area (Å²) in [6.45, 7) is 4.11. The lowest BCUT2D eigenvalue weighted by molar-refractivity contribution is -0.131. The molecule has 0 radical (unpaired) electrons. The molecule has 0 bridgehead atoms. The first-order chi connectivity index (χ1) is 15.5. The number of aryl methyl sites for hydroxylation is 1. The molecule has 1 unspecified atom stereocenters. The SMILES string of the molecule is COc1ccc(-c2ccc(-c3n[nH]c(=O)n3CC3CCN(C(=O)C4CC4)C3)cc2)cc1C. The Kier molecular flexibility index (Phi) is 5.33. The highest BCUT2D eigenvalue weighted by atomic mass is 16.5. The summed E-state index contributed by atoms with van der Waals surface area (Å²) < 4.78 is 7.06. The molecule has 2 aromatic carbocycles. The maximum absolute atomic E-state index is 12.5. The van der Waals surface area contributed by atoms with Gasteiger partial charge < -0.3 is 9.64 Å². The van der Waals surface area contributed by atoms with Crippen LogP contribution < -0.4 is 10.4 Å². The normalized spacial score (nSPS) is 18.2. The van der Waals surface area contributed by atoms with Crippen LogP contribution in [0.25, 0.3) is 22.5 Å². The van der Waals surface area contributed by atoms with Gasteiger partial charge in [-0.3, -0.25) is 9.36 Å². The molecule has 2 fully saturated rings. The first kappa shape index (κ1) is 20.5. The summed E-state index contributed by atoms with van der Waals surface area (Å²) >= 11 is 0. The van der Waals surface area contributed by atoms with Gasteiger partial charge in [0.1, 0.15) is 5.75 Å². The minimum absolute atomic E-state index is 0.207. The van der Waals surface area contributed by atoms with Crippen molar-refractivity contribution in [3.63, 3.8) is 0 Å². The largest absolute Gasteiger partial charge is 0.496 e. The van der Waals surface area contributed by atoms with Crippen LogP contribution in [-0.2, 0) is 11.3 Å². The molecular formula is C25H28N4O3. The number of aromatic nitrogens is 3. The number of ether oxygens (including phenoxy) is 1. The fourth-order valence-corrected chi connectivity index (χ4v) is 4.61. The summed E-state index contributed by atoms with van der Waals surface area (Å²) in [6.07, 6.45) is 2.97. The Bertz CT molecular complexity index is 1190. The lowest BCUT2D eigenvalue weighted by Crippen LogP contribution is -2.31. The van der Waals surface area contributed by atoms with Gasteiger partial charge in [0.2, 0.25) is 5.91 Å². The lowest BCUT2D eigenvalue weighted by Gasteiger charge is -2.16. The van der Waals surface area contributed by atoms with Gasteiger partial charge in [0, 0.05) is 31.1 Å². The van der Waals surface area contributed by atoms with Crippen molar-refractivity contribution in [1.29, 1.82) is 0 Å². The van der Waals surface area contributed by atoms with E-state index >= 15 is 0 Å². The number of nitrogens with zero attached hydrogens (tertiary/aromatic N) is 3. The minimum atomic E-state index is -0.207. The van der Waals surface area contributed by atoms with E-state index in [1.165, 1.54) is 0 Å². The molecular weight excluding hydrogens is 404 g/mol. The molecule has 2 aliphatic rings. The van der Waals surface area contributed by atoms with Gasteiger partial charge in [0.05, 0.1) is 7.11 Å². The number of likely N-dealkylation sites (tertiary alicyclic amines) is 1. The van der Waals surface area contributed by atoms with Crippen LogP contribution >= 0.6 is 0 Å². The molecule has 2 heterocycles. The van der Waals surface area contributed by atoms with E-state index < -0.39 is 0 Å². The standard InChI is InChI=1S/C25H28N4O3/c1-16-13-21(9-10-22(16)32-2)18-3-5-19(6-4-18)23-26-27-25(31)29(23)15-17-11-12-28(14-17)24(30)20-7-8-20/h3-6,9-10,13,17,20H,7-8,11-12,14-15H2,1-2H3,(H,27,31). The van der Waals surface area contributed by atoms with Crippen LogP contribution in [0.1, 0.15) is 24.8 Å². The van der Waals surface area contributed by atoms with Gasteiger partial charge in [-0.15, -0.1) is 0 Å². The van der Waals surface area contributed by atoms with E-state index in [4.69, 9.17) is 4.74 Å². The Morgan fingerprint density at radius 1 is 1.09 bits per heavy atom. The highest BCUT2D eigenvalue weighted by molar-refractivity contribution is 5.81. The molecule has 1 amide bonds. The number of carbonyl (C=O) groups excluding carboxylic acids is 1. The summed E-state index contributed by atoms with van der Waals surface area (Å²) in [5.74, 6) is 2.31. The molecule has 166 valence electrons. The van der Waals surface area contributed by atoms with E-state index in [1.807, 2.05) is 48.2 Å². The topological polar surface area (TPSA) is 80.2 Å². The second kappa shape index (κ2) is 8.30. The number of benzene rings is 2. The zero-order chi connectivity index (χ0) is 22.2. The molecule has 0 spiro atoms. The molecule has 3 aromatic rings. The summed E-state index contributed by atoms with van der Waals surface area (Å²) in [5, 5.41) is 6.89. The zero-order valence-electron chi connectivity index (χ0n) is 18.5. The van der Waals surface area contributed by atoms with Crippen LogP contribution in [0.5, 0.6) is 5.75 Å². The van der Waals surface area contributed by atoms with E-state index in [9.17, 15) is 9.59 Å². The van der Waals surface area contributed by atoms with Crippen molar-refractivity contribution in [2.75, 3.05) is 20.2 Å². The Balaban J connectivity index is 1.33. The summed E-state index contributed by atoms with van der Waals surface area (Å²) in [7, 11) is 1.67. The van der Waals surface area contributed by atoms with E-state index in [1.54, 1.807) is 11.7 Å². The van der Waals surface area contributed by atoms with Gasteiger partial charge in [0.25, 0.3) is 0 Å². The van der Waals surface area contributed by atoms with Gasteiger partial charge in [-0.1, -0.05) is 30.3 Å². The van der Waals surface area contributed by atoms with Crippen LogP contribution in [-0.4, -0.2) is 45.8 Å². The molecule has 5 rings (SSSR count). The van der Waals surface area contributed by atoms with Gasteiger partial charge in [-0.25, -0.2) is 9.89 Å². The molecule has 1 aliphatic carbocycles. The molecule has 7 nitrogen and oxygen atoms in total. The first-order valence-electron chi connectivity index (χ1n) is 11.2. The lowest BCUT2D eigenvalue weighted by atomic mass is 10.0. The van der Waals surface area contributed by atoms with Gasteiger partial charge in [-0.05, 0) is 60.9 Å². The molecule has 1 saturated carbocycles. The summed E-state index contributed by atoms with van der Waals surface area (Å²) in [5.41, 5.74) is 3.97. The second-order valence-electron chi connectivity index (χ2n) is 8.94. The number of aromatic amines is 1. The molecule has 1 atom stereocenters. The first-order valence-corrected chi connectivity index (χ1v) is 11.2. The number of amides is 1. The Morgan fingerprint density at radius 2 is 1.81 bits per heavy atom. The van der Waals surface area contributed by atoms with Crippen LogP contribution in [0, 0.1) is 18.8 Å². The van der Waals surface area contributed by atoms with E-state index in [-0.39, 0.29) is 23.4 Å². The maximum Gasteiger partial charge on any atom is 0.343 e. The number of H-pyrrole nitrogens is 1.